The van der Waals surface area contributed by atoms with Crippen molar-refractivity contribution in [3.8, 4) is 0 Å². The first-order valence-corrected chi connectivity index (χ1v) is 6.42. The van der Waals surface area contributed by atoms with Gasteiger partial charge in [0.15, 0.2) is 0 Å². The van der Waals surface area contributed by atoms with E-state index in [2.05, 4.69) is 6.92 Å². The highest BCUT2D eigenvalue weighted by molar-refractivity contribution is 5.93. The number of carbonyl (C=O) groups is 1. The Labute approximate surface area is 107 Å². The lowest BCUT2D eigenvalue weighted by atomic mass is 10.2. The van der Waals surface area contributed by atoms with Gasteiger partial charge in [0.05, 0.1) is 25.9 Å². The Balaban J connectivity index is 2.16. The van der Waals surface area contributed by atoms with Crippen LogP contribution in [-0.2, 0) is 11.3 Å². The van der Waals surface area contributed by atoms with E-state index in [1.54, 1.807) is 4.90 Å². The molecule has 0 saturated carbocycles. The average Bonchev–Trinajstić information content (AvgIpc) is 2.86. The molecule has 1 aliphatic heterocycles. The average molecular weight is 252 g/mol. The molecule has 2 heterocycles. The number of rotatable bonds is 4. The van der Waals surface area contributed by atoms with E-state index in [0.29, 0.717) is 25.5 Å². The van der Waals surface area contributed by atoms with Crippen LogP contribution in [0.4, 0.5) is 0 Å². The fourth-order valence-electron chi connectivity index (χ4n) is 2.26. The zero-order valence-corrected chi connectivity index (χ0v) is 10.7. The second kappa shape index (κ2) is 6.02. The van der Waals surface area contributed by atoms with Crippen LogP contribution in [0.5, 0.6) is 0 Å². The van der Waals surface area contributed by atoms with E-state index in [0.717, 1.165) is 13.0 Å². The largest absolute Gasteiger partial charge is 0.394 e. The highest BCUT2D eigenvalue weighted by Gasteiger charge is 2.28. The molecule has 1 unspecified atom stereocenters. The summed E-state index contributed by atoms with van der Waals surface area (Å²) in [5.41, 5.74) is 0.692. The Morgan fingerprint density at radius 1 is 1.61 bits per heavy atom. The first kappa shape index (κ1) is 13.1. The number of morpholine rings is 1. The predicted octanol–water partition coefficient (Wildman–Crippen LogP) is 0.731. The van der Waals surface area contributed by atoms with Crippen molar-refractivity contribution in [2.75, 3.05) is 26.4 Å². The summed E-state index contributed by atoms with van der Waals surface area (Å²) < 4.78 is 7.25. The van der Waals surface area contributed by atoms with Gasteiger partial charge in [0.1, 0.15) is 5.69 Å². The summed E-state index contributed by atoms with van der Waals surface area (Å²) in [7, 11) is 0. The molecule has 1 amide bonds. The van der Waals surface area contributed by atoms with E-state index in [1.807, 2.05) is 22.9 Å². The van der Waals surface area contributed by atoms with Crippen LogP contribution in [0, 0.1) is 0 Å². The van der Waals surface area contributed by atoms with Gasteiger partial charge >= 0.3 is 0 Å². The van der Waals surface area contributed by atoms with E-state index < -0.39 is 0 Å². The zero-order valence-electron chi connectivity index (χ0n) is 10.7. The summed E-state index contributed by atoms with van der Waals surface area (Å²) >= 11 is 0. The number of aliphatic hydroxyl groups excluding tert-OH is 1. The highest BCUT2D eigenvalue weighted by Crippen LogP contribution is 2.13. The van der Waals surface area contributed by atoms with Gasteiger partial charge in [-0.25, -0.2) is 0 Å². The van der Waals surface area contributed by atoms with Crippen molar-refractivity contribution in [2.24, 2.45) is 0 Å². The third kappa shape index (κ3) is 2.57. The summed E-state index contributed by atoms with van der Waals surface area (Å²) in [5.74, 6) is -0.0178. The number of ether oxygens (including phenoxy) is 1. The van der Waals surface area contributed by atoms with Crippen LogP contribution < -0.4 is 0 Å². The Bertz CT molecular complexity index is 403. The fraction of sp³-hybridized carbons (Fsp3) is 0.615. The van der Waals surface area contributed by atoms with Gasteiger partial charge in [-0.3, -0.25) is 4.79 Å². The molecule has 1 N–H and O–H groups in total. The highest BCUT2D eigenvalue weighted by atomic mass is 16.5. The molecule has 1 aliphatic rings. The first-order chi connectivity index (χ1) is 8.77. The molecule has 0 radical (unpaired) electrons. The minimum absolute atomic E-state index is 0.0178. The normalized spacial score (nSPS) is 20.1. The molecule has 0 aromatic carbocycles. The van der Waals surface area contributed by atoms with E-state index in [1.165, 1.54) is 0 Å². The second-order valence-electron chi connectivity index (χ2n) is 4.50. The zero-order chi connectivity index (χ0) is 13.0. The topological polar surface area (TPSA) is 54.7 Å². The van der Waals surface area contributed by atoms with Gasteiger partial charge in [-0.1, -0.05) is 6.92 Å². The number of aryl methyl sites for hydroxylation is 1. The monoisotopic (exact) mass is 252 g/mol. The summed E-state index contributed by atoms with van der Waals surface area (Å²) in [5, 5.41) is 9.30. The molecule has 0 aliphatic carbocycles. The third-order valence-electron chi connectivity index (χ3n) is 3.21. The number of aromatic nitrogens is 1. The van der Waals surface area contributed by atoms with E-state index in [-0.39, 0.29) is 18.6 Å². The van der Waals surface area contributed by atoms with Crippen LogP contribution in [0.1, 0.15) is 23.8 Å². The number of aliphatic hydroxyl groups is 1. The number of hydrogen-bond donors (Lipinski definition) is 1. The van der Waals surface area contributed by atoms with Crippen LogP contribution in [0.15, 0.2) is 18.3 Å². The smallest absolute Gasteiger partial charge is 0.270 e. The summed E-state index contributed by atoms with van der Waals surface area (Å²) in [6, 6.07) is 3.50. The third-order valence-corrected chi connectivity index (χ3v) is 3.21. The Morgan fingerprint density at radius 2 is 2.44 bits per heavy atom. The summed E-state index contributed by atoms with van der Waals surface area (Å²) in [6.45, 7) is 4.36. The lowest BCUT2D eigenvalue weighted by Gasteiger charge is -2.34. The van der Waals surface area contributed by atoms with Gasteiger partial charge in [0.2, 0.25) is 0 Å². The predicted molar refractivity (Wildman–Crippen MR) is 67.5 cm³/mol. The van der Waals surface area contributed by atoms with E-state index in [9.17, 15) is 9.90 Å². The first-order valence-electron chi connectivity index (χ1n) is 6.42. The Hall–Kier alpha value is -1.33. The van der Waals surface area contributed by atoms with Crippen LogP contribution in [0.25, 0.3) is 0 Å². The lowest BCUT2D eigenvalue weighted by molar-refractivity contribution is -0.0188. The van der Waals surface area contributed by atoms with Gasteiger partial charge in [-0.2, -0.15) is 0 Å². The Kier molecular flexibility index (Phi) is 4.38. The minimum Gasteiger partial charge on any atom is -0.394 e. The molecule has 100 valence electrons. The van der Waals surface area contributed by atoms with Crippen molar-refractivity contribution in [2.45, 2.75) is 25.9 Å². The maximum atomic E-state index is 12.5. The van der Waals surface area contributed by atoms with Gasteiger partial charge in [0, 0.05) is 19.3 Å². The molecule has 5 nitrogen and oxygen atoms in total. The summed E-state index contributed by atoms with van der Waals surface area (Å²) in [6.07, 6.45) is 2.91. The van der Waals surface area contributed by atoms with E-state index in [4.69, 9.17) is 4.74 Å². The molecule has 1 atom stereocenters. The molecule has 0 spiro atoms. The van der Waals surface area contributed by atoms with Crippen LogP contribution in [0.2, 0.25) is 0 Å². The van der Waals surface area contributed by atoms with Crippen LogP contribution in [0.3, 0.4) is 0 Å². The van der Waals surface area contributed by atoms with Crippen molar-refractivity contribution in [1.29, 1.82) is 0 Å². The quantitative estimate of drug-likeness (QED) is 0.859. The maximum Gasteiger partial charge on any atom is 0.270 e. The minimum atomic E-state index is -0.226. The van der Waals surface area contributed by atoms with Crippen molar-refractivity contribution >= 4 is 5.91 Å². The van der Waals surface area contributed by atoms with Gasteiger partial charge in [-0.05, 0) is 18.6 Å². The van der Waals surface area contributed by atoms with Crippen LogP contribution >= 0.6 is 0 Å². The Morgan fingerprint density at radius 3 is 3.17 bits per heavy atom. The summed E-state index contributed by atoms with van der Waals surface area (Å²) in [4.78, 5) is 14.2. The fourth-order valence-corrected chi connectivity index (χ4v) is 2.26. The van der Waals surface area contributed by atoms with Gasteiger partial charge in [0.25, 0.3) is 5.91 Å². The molecule has 5 heteroatoms. The lowest BCUT2D eigenvalue weighted by Crippen LogP contribution is -2.50. The van der Waals surface area contributed by atoms with Crippen molar-refractivity contribution in [1.82, 2.24) is 9.47 Å². The van der Waals surface area contributed by atoms with Crippen LogP contribution in [-0.4, -0.2) is 52.9 Å². The number of hydrogen-bond acceptors (Lipinski definition) is 3. The molecule has 2 rings (SSSR count). The number of nitrogens with zero attached hydrogens (tertiary/aromatic N) is 2. The maximum absolute atomic E-state index is 12.5. The van der Waals surface area contributed by atoms with Crippen molar-refractivity contribution in [3.05, 3.63) is 24.0 Å². The van der Waals surface area contributed by atoms with Crippen molar-refractivity contribution in [3.63, 3.8) is 0 Å². The molecule has 1 aromatic heterocycles. The van der Waals surface area contributed by atoms with Gasteiger partial charge < -0.3 is 19.3 Å². The number of amides is 1. The second-order valence-corrected chi connectivity index (χ2v) is 4.50. The molecule has 0 bridgehead atoms. The van der Waals surface area contributed by atoms with Gasteiger partial charge in [-0.15, -0.1) is 0 Å². The molecule has 18 heavy (non-hydrogen) atoms. The molecule has 1 fully saturated rings. The molecule has 1 saturated heterocycles. The molecule has 1 aromatic rings. The SMILES string of the molecule is CCCn1cccc1C(=O)N1CCOCC1CO. The van der Waals surface area contributed by atoms with E-state index >= 15 is 0 Å². The molecular formula is C13H20N2O3. The number of carbonyl (C=O) groups excluding carboxylic acids is 1. The molecular weight excluding hydrogens is 232 g/mol. The standard InChI is InChI=1S/C13H20N2O3/c1-2-5-14-6-3-4-12(14)13(17)15-7-8-18-10-11(15)9-16/h3-4,6,11,16H,2,5,7-10H2,1H3. The van der Waals surface area contributed by atoms with Crippen molar-refractivity contribution < 1.29 is 14.6 Å².